The highest BCUT2D eigenvalue weighted by Gasteiger charge is 2.61. The van der Waals surface area contributed by atoms with Crippen LogP contribution in [0.4, 0.5) is 4.79 Å². The van der Waals surface area contributed by atoms with E-state index >= 15 is 0 Å². The Morgan fingerprint density at radius 2 is 1.71 bits per heavy atom. The van der Waals surface area contributed by atoms with Crippen LogP contribution in [-0.2, 0) is 24.4 Å². The van der Waals surface area contributed by atoms with E-state index in [9.17, 15) is 27.6 Å². The molecule has 210 valence electrons. The fourth-order valence-corrected chi connectivity index (χ4v) is 7.30. The van der Waals surface area contributed by atoms with Crippen molar-refractivity contribution < 1.29 is 27.6 Å². The molecule has 0 radical (unpaired) electrons. The Morgan fingerprint density at radius 1 is 0.947 bits per heavy atom. The second kappa shape index (κ2) is 10.9. The molecule has 3 heterocycles. The molecule has 5 amide bonds. The van der Waals surface area contributed by atoms with Crippen molar-refractivity contribution in [2.24, 2.45) is 5.92 Å². The molecule has 38 heavy (non-hydrogen) atoms. The summed E-state index contributed by atoms with van der Waals surface area (Å²) in [5.74, 6) is -1.73. The van der Waals surface area contributed by atoms with Gasteiger partial charge in [-0.25, -0.2) is 13.2 Å². The van der Waals surface area contributed by atoms with Gasteiger partial charge in [0.1, 0.15) is 17.6 Å². The van der Waals surface area contributed by atoms with Crippen molar-refractivity contribution in [1.82, 2.24) is 25.2 Å². The number of hydrogen-bond acceptors (Lipinski definition) is 6. The van der Waals surface area contributed by atoms with Crippen molar-refractivity contribution >= 4 is 33.8 Å². The Labute approximate surface area is 224 Å². The Hall–Kier alpha value is -2.63. The predicted molar refractivity (Wildman–Crippen MR) is 139 cm³/mol. The largest absolute Gasteiger partial charge is 0.339 e. The van der Waals surface area contributed by atoms with Crippen LogP contribution in [0.25, 0.3) is 0 Å². The van der Waals surface area contributed by atoms with E-state index in [-0.39, 0.29) is 17.9 Å². The van der Waals surface area contributed by atoms with E-state index in [1.54, 1.807) is 4.90 Å². The quantitative estimate of drug-likeness (QED) is 0.449. The number of likely N-dealkylation sites (tertiary alicyclic amines) is 1. The molecule has 5 aliphatic rings. The van der Waals surface area contributed by atoms with Gasteiger partial charge in [-0.3, -0.25) is 19.1 Å². The molecule has 0 aromatic heterocycles. The average molecular weight is 550 g/mol. The van der Waals surface area contributed by atoms with Gasteiger partial charge in [0.05, 0.1) is 5.25 Å². The maximum absolute atomic E-state index is 13.7. The van der Waals surface area contributed by atoms with Crippen LogP contribution < -0.4 is 15.4 Å². The Bertz CT molecular complexity index is 1100. The third-order valence-corrected chi connectivity index (χ3v) is 10.3. The molecule has 5 rings (SSSR count). The lowest BCUT2D eigenvalue weighted by molar-refractivity contribution is -0.141. The standard InChI is InChI=1S/C26H39N5O6S/c32-22-21-11-8-16-31(21)23(33)20(27-25(35)30-14-6-7-15-30)10-5-3-1-2-4-9-18-17-26(18,28-22)24(34)29-38(36,37)19-12-13-19/h4,9,18-21H,1-3,5-8,10-17H2,(H,27,35)(H,28,32)(H,29,34)/b9-4-/t18-,20+,21+,26-/m1/s1. The molecule has 0 spiro atoms. The second-order valence-electron chi connectivity index (χ2n) is 11.4. The second-order valence-corrected chi connectivity index (χ2v) is 13.4. The highest BCUT2D eigenvalue weighted by molar-refractivity contribution is 7.91. The van der Waals surface area contributed by atoms with Crippen LogP contribution in [-0.4, -0.2) is 84.5 Å². The molecule has 3 N–H and O–H groups in total. The third kappa shape index (κ3) is 5.69. The van der Waals surface area contributed by atoms with Crippen LogP contribution in [0.1, 0.15) is 77.0 Å². The summed E-state index contributed by atoms with van der Waals surface area (Å²) in [6.07, 6.45) is 12.1. The molecule has 0 aromatic rings. The van der Waals surface area contributed by atoms with Crippen molar-refractivity contribution in [2.45, 2.75) is 99.9 Å². The van der Waals surface area contributed by atoms with E-state index in [4.69, 9.17) is 0 Å². The summed E-state index contributed by atoms with van der Waals surface area (Å²) in [6, 6.07) is -1.73. The van der Waals surface area contributed by atoms with Crippen molar-refractivity contribution in [1.29, 1.82) is 0 Å². The Kier molecular flexibility index (Phi) is 7.70. The van der Waals surface area contributed by atoms with Crippen LogP contribution in [0.3, 0.4) is 0 Å². The summed E-state index contributed by atoms with van der Waals surface area (Å²) >= 11 is 0. The number of urea groups is 1. The molecule has 0 bridgehead atoms. The minimum atomic E-state index is -3.77. The molecule has 3 aliphatic heterocycles. The number of rotatable bonds is 4. The number of allylic oxidation sites excluding steroid dienone is 1. The molecule has 0 aromatic carbocycles. The first kappa shape index (κ1) is 27.0. The molecule has 2 aliphatic carbocycles. The summed E-state index contributed by atoms with van der Waals surface area (Å²) in [4.78, 5) is 56.5. The summed E-state index contributed by atoms with van der Waals surface area (Å²) in [6.45, 7) is 1.75. The number of amides is 5. The van der Waals surface area contributed by atoms with Crippen molar-refractivity contribution in [3.8, 4) is 0 Å². The molecular weight excluding hydrogens is 510 g/mol. The van der Waals surface area contributed by atoms with Gasteiger partial charge < -0.3 is 20.4 Å². The number of sulfonamides is 1. The van der Waals surface area contributed by atoms with E-state index in [1.165, 1.54) is 4.90 Å². The molecule has 2 saturated heterocycles. The van der Waals surface area contributed by atoms with E-state index < -0.39 is 44.7 Å². The Morgan fingerprint density at radius 3 is 2.45 bits per heavy atom. The van der Waals surface area contributed by atoms with Gasteiger partial charge in [0.2, 0.25) is 21.8 Å². The average Bonchev–Trinajstić information content (AvgIpc) is 3.72. The van der Waals surface area contributed by atoms with Gasteiger partial charge in [-0.15, -0.1) is 0 Å². The molecule has 12 heteroatoms. The van der Waals surface area contributed by atoms with E-state index in [0.29, 0.717) is 58.2 Å². The van der Waals surface area contributed by atoms with E-state index in [1.807, 2.05) is 12.2 Å². The van der Waals surface area contributed by atoms with Crippen molar-refractivity contribution in [2.75, 3.05) is 19.6 Å². The van der Waals surface area contributed by atoms with Gasteiger partial charge in [-0.1, -0.05) is 25.0 Å². The fourth-order valence-electron chi connectivity index (χ4n) is 5.94. The van der Waals surface area contributed by atoms with Gasteiger partial charge >= 0.3 is 6.03 Å². The minimum absolute atomic E-state index is 0.241. The maximum atomic E-state index is 13.7. The molecule has 4 fully saturated rings. The summed E-state index contributed by atoms with van der Waals surface area (Å²) < 4.78 is 27.2. The number of hydrogen-bond donors (Lipinski definition) is 3. The highest BCUT2D eigenvalue weighted by Crippen LogP contribution is 2.46. The minimum Gasteiger partial charge on any atom is -0.339 e. The number of carbonyl (C=O) groups is 4. The van der Waals surface area contributed by atoms with E-state index in [0.717, 1.165) is 38.5 Å². The molecular formula is C26H39N5O6S. The highest BCUT2D eigenvalue weighted by atomic mass is 32.2. The van der Waals surface area contributed by atoms with Crippen LogP contribution in [0.15, 0.2) is 12.2 Å². The van der Waals surface area contributed by atoms with Gasteiger partial charge in [0, 0.05) is 25.6 Å². The monoisotopic (exact) mass is 549 g/mol. The maximum Gasteiger partial charge on any atom is 0.318 e. The third-order valence-electron chi connectivity index (χ3n) is 8.52. The zero-order valence-electron chi connectivity index (χ0n) is 21.8. The molecule has 4 atom stereocenters. The zero-order chi connectivity index (χ0) is 26.9. The zero-order valence-corrected chi connectivity index (χ0v) is 22.6. The Balaban J connectivity index is 1.34. The molecule has 2 saturated carbocycles. The van der Waals surface area contributed by atoms with Crippen LogP contribution in [0.2, 0.25) is 0 Å². The number of nitrogens with zero attached hydrogens (tertiary/aromatic N) is 2. The first-order valence-corrected chi connectivity index (χ1v) is 15.7. The van der Waals surface area contributed by atoms with Crippen molar-refractivity contribution in [3.05, 3.63) is 12.2 Å². The normalized spacial score (nSPS) is 33.3. The van der Waals surface area contributed by atoms with Crippen LogP contribution in [0.5, 0.6) is 0 Å². The lowest BCUT2D eigenvalue weighted by Crippen LogP contribution is -2.58. The summed E-state index contributed by atoms with van der Waals surface area (Å²) in [5, 5.41) is 5.24. The number of fused-ring (bicyclic) bond motifs is 2. The summed E-state index contributed by atoms with van der Waals surface area (Å²) in [5.41, 5.74) is -1.34. The van der Waals surface area contributed by atoms with Gasteiger partial charge in [-0.05, 0) is 64.2 Å². The van der Waals surface area contributed by atoms with Gasteiger partial charge in [-0.2, -0.15) is 0 Å². The fraction of sp³-hybridized carbons (Fsp3) is 0.769. The molecule has 11 nitrogen and oxygen atoms in total. The lowest BCUT2D eigenvalue weighted by atomic mass is 10.0. The summed E-state index contributed by atoms with van der Waals surface area (Å²) in [7, 11) is -3.77. The van der Waals surface area contributed by atoms with Crippen LogP contribution in [0, 0.1) is 5.92 Å². The molecule has 0 unspecified atom stereocenters. The number of nitrogens with one attached hydrogen (secondary N) is 3. The topological polar surface area (TPSA) is 145 Å². The lowest BCUT2D eigenvalue weighted by Gasteiger charge is -2.31. The first-order valence-electron chi connectivity index (χ1n) is 14.1. The SMILES string of the molecule is O=C1N[C@]2(C(=O)NS(=O)(=O)C3CC3)C[C@H]2/C=C\CCCCC[C@H](NC(=O)N2CCCC2)C(=O)N2CCC[C@@H]12. The van der Waals surface area contributed by atoms with Gasteiger partial charge in [0.25, 0.3) is 5.91 Å². The van der Waals surface area contributed by atoms with E-state index in [2.05, 4.69) is 15.4 Å². The smallest absolute Gasteiger partial charge is 0.318 e. The van der Waals surface area contributed by atoms with Crippen LogP contribution >= 0.6 is 0 Å². The first-order chi connectivity index (χ1) is 18.2. The van der Waals surface area contributed by atoms with Crippen molar-refractivity contribution in [3.63, 3.8) is 0 Å². The predicted octanol–water partition coefficient (Wildman–Crippen LogP) is 1.16. The number of carbonyl (C=O) groups excluding carboxylic acids is 4. The van der Waals surface area contributed by atoms with Gasteiger partial charge in [0.15, 0.2) is 0 Å².